The highest BCUT2D eigenvalue weighted by atomic mass is 16.5. The third-order valence-electron chi connectivity index (χ3n) is 2.11. The number of carbonyl (C=O) groups is 2. The van der Waals surface area contributed by atoms with Crippen LogP contribution >= 0.6 is 0 Å². The molecule has 0 unspecified atom stereocenters. The summed E-state index contributed by atoms with van der Waals surface area (Å²) in [5.41, 5.74) is -1.14. The number of carbonyl (C=O) groups excluding carboxylic acids is 2. The number of amides is 1. The molecule has 1 N–H and O–H groups in total. The molecule has 14 heavy (non-hydrogen) atoms. The Hall–Kier alpha value is -1.36. The van der Waals surface area contributed by atoms with E-state index >= 15 is 0 Å². The van der Waals surface area contributed by atoms with Gasteiger partial charge in [-0.25, -0.2) is 0 Å². The maximum atomic E-state index is 11.6. The molecular formula is C9H13NO4. The smallest absolute Gasteiger partial charge is 0.326 e. The Morgan fingerprint density at radius 1 is 1.64 bits per heavy atom. The number of hydrogen-bond donors (Lipinski definition) is 1. The minimum Gasteiger partial charge on any atom is -0.468 e. The molecule has 0 radical (unpaired) electrons. The molecule has 5 nitrogen and oxygen atoms in total. The molecule has 0 aliphatic carbocycles. The Morgan fingerprint density at radius 3 is 2.64 bits per heavy atom. The zero-order valence-electron chi connectivity index (χ0n) is 8.04. The van der Waals surface area contributed by atoms with Gasteiger partial charge in [-0.05, 0) is 0 Å². The van der Waals surface area contributed by atoms with Crippen molar-refractivity contribution in [1.82, 2.24) is 5.32 Å². The molecule has 0 bridgehead atoms. The van der Waals surface area contributed by atoms with Crippen molar-refractivity contribution < 1.29 is 19.1 Å². The minimum absolute atomic E-state index is 0.0860. The number of hydrogen-bond acceptors (Lipinski definition) is 4. The summed E-state index contributed by atoms with van der Waals surface area (Å²) in [5, 5.41) is 2.55. The molecule has 1 amide bonds. The van der Waals surface area contributed by atoms with Gasteiger partial charge in [-0.15, -0.1) is 6.58 Å². The van der Waals surface area contributed by atoms with Crippen LogP contribution in [0.3, 0.4) is 0 Å². The monoisotopic (exact) mass is 199 g/mol. The Kier molecular flexibility index (Phi) is 3.24. The van der Waals surface area contributed by atoms with E-state index in [-0.39, 0.29) is 19.1 Å². The quantitative estimate of drug-likeness (QED) is 0.376. The predicted molar refractivity (Wildman–Crippen MR) is 48.5 cm³/mol. The summed E-state index contributed by atoms with van der Waals surface area (Å²) in [6.45, 7) is 3.96. The molecule has 0 atom stereocenters. The van der Waals surface area contributed by atoms with Gasteiger partial charge in [-0.3, -0.25) is 9.59 Å². The number of esters is 1. The maximum absolute atomic E-state index is 11.6. The fourth-order valence-corrected chi connectivity index (χ4v) is 1.18. The molecule has 78 valence electrons. The summed E-state index contributed by atoms with van der Waals surface area (Å²) in [4.78, 5) is 22.9. The van der Waals surface area contributed by atoms with Gasteiger partial charge in [-0.1, -0.05) is 6.08 Å². The molecular weight excluding hydrogens is 186 g/mol. The van der Waals surface area contributed by atoms with E-state index in [4.69, 9.17) is 4.74 Å². The first-order chi connectivity index (χ1) is 6.67. The second-order valence-electron chi connectivity index (χ2n) is 3.07. The van der Waals surface area contributed by atoms with Crippen molar-refractivity contribution in [2.75, 3.05) is 26.9 Å². The van der Waals surface area contributed by atoms with Gasteiger partial charge in [0.25, 0.3) is 0 Å². The minimum atomic E-state index is -1.14. The molecule has 1 aliphatic rings. The molecule has 0 spiro atoms. The average Bonchev–Trinajstić information content (AvgIpc) is 2.12. The van der Waals surface area contributed by atoms with Crippen LogP contribution in [0.25, 0.3) is 0 Å². The van der Waals surface area contributed by atoms with Gasteiger partial charge in [0.05, 0.1) is 20.3 Å². The zero-order chi connectivity index (χ0) is 10.6. The second-order valence-corrected chi connectivity index (χ2v) is 3.07. The topological polar surface area (TPSA) is 64.6 Å². The Balaban J connectivity index is 2.64. The van der Waals surface area contributed by atoms with Gasteiger partial charge in [0.1, 0.15) is 0 Å². The summed E-state index contributed by atoms with van der Waals surface area (Å²) in [5.74, 6) is -0.916. The van der Waals surface area contributed by atoms with E-state index in [2.05, 4.69) is 16.6 Å². The van der Waals surface area contributed by atoms with Gasteiger partial charge >= 0.3 is 5.97 Å². The number of ether oxygens (including phenoxy) is 2. The Labute approximate surface area is 82.1 Å². The van der Waals surface area contributed by atoms with E-state index in [1.807, 2.05) is 0 Å². The fourth-order valence-electron chi connectivity index (χ4n) is 1.18. The highest BCUT2D eigenvalue weighted by Gasteiger charge is 2.53. The molecule has 1 heterocycles. The SMILES string of the molecule is C=CCNC(=O)C1(C(=O)OC)COC1. The largest absolute Gasteiger partial charge is 0.468 e. The van der Waals surface area contributed by atoms with Gasteiger partial charge in [0.15, 0.2) is 5.41 Å². The summed E-state index contributed by atoms with van der Waals surface area (Å²) < 4.78 is 9.43. The van der Waals surface area contributed by atoms with Crippen molar-refractivity contribution in [3.8, 4) is 0 Å². The van der Waals surface area contributed by atoms with Crippen LogP contribution in [0.5, 0.6) is 0 Å². The fraction of sp³-hybridized carbons (Fsp3) is 0.556. The molecule has 1 fully saturated rings. The van der Waals surface area contributed by atoms with E-state index < -0.39 is 11.4 Å². The second kappa shape index (κ2) is 4.23. The van der Waals surface area contributed by atoms with Crippen LogP contribution in [0.2, 0.25) is 0 Å². The van der Waals surface area contributed by atoms with Gasteiger partial charge in [0, 0.05) is 6.54 Å². The highest BCUT2D eigenvalue weighted by Crippen LogP contribution is 2.29. The molecule has 5 heteroatoms. The van der Waals surface area contributed by atoms with Crippen LogP contribution in [0.1, 0.15) is 0 Å². The number of rotatable bonds is 4. The molecule has 1 aliphatic heterocycles. The van der Waals surface area contributed by atoms with Gasteiger partial charge in [-0.2, -0.15) is 0 Å². The first kappa shape index (κ1) is 10.7. The summed E-state index contributed by atoms with van der Waals surface area (Å²) in [6.07, 6.45) is 1.54. The summed E-state index contributed by atoms with van der Waals surface area (Å²) >= 11 is 0. The Bertz CT molecular complexity index is 258. The Morgan fingerprint density at radius 2 is 2.29 bits per heavy atom. The van der Waals surface area contributed by atoms with E-state index in [9.17, 15) is 9.59 Å². The van der Waals surface area contributed by atoms with Crippen molar-refractivity contribution in [3.05, 3.63) is 12.7 Å². The van der Waals surface area contributed by atoms with Crippen LogP contribution < -0.4 is 5.32 Å². The van der Waals surface area contributed by atoms with Gasteiger partial charge < -0.3 is 14.8 Å². The first-order valence-electron chi connectivity index (χ1n) is 4.23. The summed E-state index contributed by atoms with van der Waals surface area (Å²) in [6, 6.07) is 0. The van der Waals surface area contributed by atoms with E-state index in [0.717, 1.165) is 0 Å². The normalized spacial score (nSPS) is 17.8. The van der Waals surface area contributed by atoms with Crippen LogP contribution in [0.15, 0.2) is 12.7 Å². The van der Waals surface area contributed by atoms with E-state index in [1.54, 1.807) is 6.08 Å². The average molecular weight is 199 g/mol. The third-order valence-corrected chi connectivity index (χ3v) is 2.11. The van der Waals surface area contributed by atoms with Crippen molar-refractivity contribution in [1.29, 1.82) is 0 Å². The molecule has 0 saturated carbocycles. The predicted octanol–water partition coefficient (Wildman–Crippen LogP) is -0.522. The molecule has 0 aromatic rings. The summed E-state index contributed by atoms with van der Waals surface area (Å²) in [7, 11) is 1.25. The lowest BCUT2D eigenvalue weighted by Crippen LogP contribution is -2.59. The van der Waals surface area contributed by atoms with Crippen LogP contribution in [0, 0.1) is 5.41 Å². The lowest BCUT2D eigenvalue weighted by molar-refractivity contribution is -0.188. The van der Waals surface area contributed by atoms with Crippen molar-refractivity contribution >= 4 is 11.9 Å². The first-order valence-corrected chi connectivity index (χ1v) is 4.23. The lowest BCUT2D eigenvalue weighted by Gasteiger charge is -2.36. The molecule has 1 rings (SSSR count). The standard InChI is InChI=1S/C9H13NO4/c1-3-4-10-7(11)9(5-14-6-9)8(12)13-2/h3H,1,4-6H2,2H3,(H,10,11). The van der Waals surface area contributed by atoms with E-state index in [0.29, 0.717) is 6.54 Å². The zero-order valence-corrected chi connectivity index (χ0v) is 8.04. The van der Waals surface area contributed by atoms with Crippen molar-refractivity contribution in [3.63, 3.8) is 0 Å². The maximum Gasteiger partial charge on any atom is 0.326 e. The van der Waals surface area contributed by atoms with Gasteiger partial charge in [0.2, 0.25) is 5.91 Å². The lowest BCUT2D eigenvalue weighted by atomic mass is 9.85. The van der Waals surface area contributed by atoms with E-state index in [1.165, 1.54) is 7.11 Å². The van der Waals surface area contributed by atoms with Crippen LogP contribution in [-0.2, 0) is 19.1 Å². The third kappa shape index (κ3) is 1.63. The van der Waals surface area contributed by atoms with Crippen LogP contribution in [-0.4, -0.2) is 38.7 Å². The molecule has 0 aromatic heterocycles. The number of nitrogens with one attached hydrogen (secondary N) is 1. The molecule has 0 aromatic carbocycles. The van der Waals surface area contributed by atoms with Crippen LogP contribution in [0.4, 0.5) is 0 Å². The van der Waals surface area contributed by atoms with Crippen molar-refractivity contribution in [2.45, 2.75) is 0 Å². The molecule has 1 saturated heterocycles. The van der Waals surface area contributed by atoms with Crippen molar-refractivity contribution in [2.24, 2.45) is 5.41 Å². The number of methoxy groups -OCH3 is 1. The highest BCUT2D eigenvalue weighted by molar-refractivity contribution is 6.03.